The first-order chi connectivity index (χ1) is 11.8. The van der Waals surface area contributed by atoms with Crippen molar-refractivity contribution in [2.24, 2.45) is 0 Å². The van der Waals surface area contributed by atoms with E-state index < -0.39 is 0 Å². The number of hydrogen-bond acceptors (Lipinski definition) is 3. The fraction of sp³-hybridized carbons (Fsp3) is 0.500. The van der Waals surface area contributed by atoms with Gasteiger partial charge in [0.2, 0.25) is 0 Å². The number of rotatable bonds is 3. The number of benzene rings is 1. The maximum Gasteiger partial charge on any atom is 0.318 e. The van der Waals surface area contributed by atoms with Crippen molar-refractivity contribution < 1.29 is 4.79 Å². The van der Waals surface area contributed by atoms with Gasteiger partial charge in [-0.2, -0.15) is 5.10 Å². The molecule has 1 saturated heterocycles. The standard InChI is InChI=1S/C18H23N5O/c24-18(19-14-9-4-5-10-14)23-12-6-11-15(23)17-20-16(21-22-17)13-7-2-1-3-8-13/h1-3,7-8,14-15H,4-6,9-12H2,(H,19,24)(H,20,21,22). The lowest BCUT2D eigenvalue weighted by atomic mass is 10.2. The number of amides is 2. The molecule has 1 atom stereocenters. The number of nitrogens with one attached hydrogen (secondary N) is 2. The zero-order chi connectivity index (χ0) is 16.4. The number of H-pyrrole nitrogens is 1. The number of nitrogens with zero attached hydrogens (tertiary/aromatic N) is 3. The van der Waals surface area contributed by atoms with Crippen molar-refractivity contribution in [2.45, 2.75) is 50.6 Å². The van der Waals surface area contributed by atoms with E-state index in [0.29, 0.717) is 11.9 Å². The molecule has 1 aromatic carbocycles. The summed E-state index contributed by atoms with van der Waals surface area (Å²) >= 11 is 0. The van der Waals surface area contributed by atoms with Gasteiger partial charge in [0, 0.05) is 18.2 Å². The monoisotopic (exact) mass is 325 g/mol. The predicted octanol–water partition coefficient (Wildman–Crippen LogP) is 3.26. The summed E-state index contributed by atoms with van der Waals surface area (Å²) in [5.41, 5.74) is 0.986. The normalized spacial score (nSPS) is 21.3. The van der Waals surface area contributed by atoms with Gasteiger partial charge in [-0.05, 0) is 25.7 Å². The van der Waals surface area contributed by atoms with E-state index in [1.165, 1.54) is 12.8 Å². The minimum absolute atomic E-state index is 0.00337. The second-order valence-corrected chi connectivity index (χ2v) is 6.69. The number of aromatic amines is 1. The zero-order valence-electron chi connectivity index (χ0n) is 13.7. The summed E-state index contributed by atoms with van der Waals surface area (Å²) in [6, 6.07) is 10.3. The Morgan fingerprint density at radius 2 is 1.92 bits per heavy atom. The van der Waals surface area contributed by atoms with Crippen LogP contribution in [0.3, 0.4) is 0 Å². The zero-order valence-corrected chi connectivity index (χ0v) is 13.7. The summed E-state index contributed by atoms with van der Waals surface area (Å²) in [6.45, 7) is 0.782. The van der Waals surface area contributed by atoms with Crippen LogP contribution in [0.25, 0.3) is 11.4 Å². The summed E-state index contributed by atoms with van der Waals surface area (Å²) in [5, 5.41) is 10.6. The van der Waals surface area contributed by atoms with Crippen LogP contribution in [0.1, 0.15) is 50.4 Å². The molecule has 1 aliphatic heterocycles. The molecule has 2 amide bonds. The van der Waals surface area contributed by atoms with Gasteiger partial charge in [0.1, 0.15) is 5.82 Å². The molecule has 2 fully saturated rings. The van der Waals surface area contributed by atoms with Gasteiger partial charge in [0.05, 0.1) is 6.04 Å². The molecular formula is C18H23N5O. The Kier molecular flexibility index (Phi) is 4.19. The molecule has 2 N–H and O–H groups in total. The van der Waals surface area contributed by atoms with Crippen molar-refractivity contribution in [2.75, 3.05) is 6.54 Å². The highest BCUT2D eigenvalue weighted by Gasteiger charge is 2.33. The molecule has 1 aromatic heterocycles. The van der Waals surface area contributed by atoms with E-state index in [1.54, 1.807) is 0 Å². The number of carbonyl (C=O) groups excluding carboxylic acids is 1. The molecule has 1 unspecified atom stereocenters. The quantitative estimate of drug-likeness (QED) is 0.909. The highest BCUT2D eigenvalue weighted by molar-refractivity contribution is 5.75. The summed E-state index contributed by atoms with van der Waals surface area (Å²) in [5.74, 6) is 1.47. The Hall–Kier alpha value is -2.37. The van der Waals surface area contributed by atoms with Gasteiger partial charge < -0.3 is 10.2 Å². The van der Waals surface area contributed by atoms with Gasteiger partial charge >= 0.3 is 6.03 Å². The Balaban J connectivity index is 1.48. The smallest absolute Gasteiger partial charge is 0.318 e. The average Bonchev–Trinajstić information content (AvgIpc) is 3.36. The van der Waals surface area contributed by atoms with E-state index >= 15 is 0 Å². The maximum absolute atomic E-state index is 12.6. The first-order valence-electron chi connectivity index (χ1n) is 8.86. The van der Waals surface area contributed by atoms with E-state index in [0.717, 1.165) is 43.6 Å². The molecule has 6 heteroatoms. The lowest BCUT2D eigenvalue weighted by Crippen LogP contribution is -2.43. The van der Waals surface area contributed by atoms with Crippen molar-refractivity contribution in [1.29, 1.82) is 0 Å². The van der Waals surface area contributed by atoms with E-state index in [2.05, 4.69) is 20.5 Å². The molecule has 2 aromatic rings. The SMILES string of the molecule is O=C(NC1CCCC1)N1CCCC1c1nc(-c2ccccc2)n[nH]1. The number of carbonyl (C=O) groups is 1. The lowest BCUT2D eigenvalue weighted by Gasteiger charge is -2.25. The van der Waals surface area contributed by atoms with Crippen LogP contribution in [0.5, 0.6) is 0 Å². The molecule has 0 bridgehead atoms. The Bertz CT molecular complexity index is 692. The fourth-order valence-corrected chi connectivity index (χ4v) is 3.76. The minimum Gasteiger partial charge on any atom is -0.335 e. The van der Waals surface area contributed by atoms with E-state index in [1.807, 2.05) is 35.2 Å². The number of aromatic nitrogens is 3. The van der Waals surface area contributed by atoms with Crippen LogP contribution >= 0.6 is 0 Å². The molecule has 1 saturated carbocycles. The first kappa shape index (κ1) is 15.2. The highest BCUT2D eigenvalue weighted by Crippen LogP contribution is 2.31. The van der Waals surface area contributed by atoms with Crippen molar-refractivity contribution in [3.05, 3.63) is 36.2 Å². The van der Waals surface area contributed by atoms with Crippen molar-refractivity contribution in [3.8, 4) is 11.4 Å². The molecule has 0 radical (unpaired) electrons. The Morgan fingerprint density at radius 1 is 1.12 bits per heavy atom. The summed E-state index contributed by atoms with van der Waals surface area (Å²) in [6.07, 6.45) is 6.58. The molecule has 24 heavy (non-hydrogen) atoms. The molecule has 2 heterocycles. The third-order valence-electron chi connectivity index (χ3n) is 5.05. The van der Waals surface area contributed by atoms with Crippen LogP contribution in [0.4, 0.5) is 4.79 Å². The number of likely N-dealkylation sites (tertiary alicyclic amines) is 1. The first-order valence-corrected chi connectivity index (χ1v) is 8.86. The number of hydrogen-bond donors (Lipinski definition) is 2. The number of urea groups is 1. The van der Waals surface area contributed by atoms with Gasteiger partial charge in [-0.1, -0.05) is 43.2 Å². The summed E-state index contributed by atoms with van der Waals surface area (Å²) < 4.78 is 0. The van der Waals surface area contributed by atoms with Gasteiger partial charge in [0.15, 0.2) is 5.82 Å². The predicted molar refractivity (Wildman–Crippen MR) is 91.3 cm³/mol. The molecular weight excluding hydrogens is 302 g/mol. The minimum atomic E-state index is -0.00337. The van der Waals surface area contributed by atoms with Crippen LogP contribution in [0.15, 0.2) is 30.3 Å². The van der Waals surface area contributed by atoms with Crippen LogP contribution in [0.2, 0.25) is 0 Å². The molecule has 0 spiro atoms. The van der Waals surface area contributed by atoms with Gasteiger partial charge in [-0.25, -0.2) is 9.78 Å². The van der Waals surface area contributed by atoms with E-state index in [-0.39, 0.29) is 12.1 Å². The third kappa shape index (κ3) is 3.00. The van der Waals surface area contributed by atoms with Crippen molar-refractivity contribution in [3.63, 3.8) is 0 Å². The van der Waals surface area contributed by atoms with Gasteiger partial charge in [-0.3, -0.25) is 5.10 Å². The average molecular weight is 325 g/mol. The lowest BCUT2D eigenvalue weighted by molar-refractivity contribution is 0.187. The second-order valence-electron chi connectivity index (χ2n) is 6.69. The van der Waals surface area contributed by atoms with Crippen LogP contribution < -0.4 is 5.32 Å². The molecule has 126 valence electrons. The molecule has 1 aliphatic carbocycles. The molecule has 6 nitrogen and oxygen atoms in total. The molecule has 2 aliphatic rings. The highest BCUT2D eigenvalue weighted by atomic mass is 16.2. The Morgan fingerprint density at radius 3 is 2.71 bits per heavy atom. The van der Waals surface area contributed by atoms with Crippen molar-refractivity contribution >= 4 is 6.03 Å². The largest absolute Gasteiger partial charge is 0.335 e. The van der Waals surface area contributed by atoms with Crippen LogP contribution in [-0.4, -0.2) is 38.7 Å². The van der Waals surface area contributed by atoms with E-state index in [4.69, 9.17) is 0 Å². The molecule has 4 rings (SSSR count). The Labute approximate surface area is 141 Å². The second kappa shape index (κ2) is 6.63. The van der Waals surface area contributed by atoms with Crippen molar-refractivity contribution in [1.82, 2.24) is 25.4 Å². The maximum atomic E-state index is 12.6. The summed E-state index contributed by atoms with van der Waals surface area (Å²) in [4.78, 5) is 19.2. The third-order valence-corrected chi connectivity index (χ3v) is 5.05. The van der Waals surface area contributed by atoms with E-state index in [9.17, 15) is 4.79 Å². The van der Waals surface area contributed by atoms with Crippen LogP contribution in [-0.2, 0) is 0 Å². The summed E-state index contributed by atoms with van der Waals surface area (Å²) in [7, 11) is 0. The van der Waals surface area contributed by atoms with Crippen LogP contribution in [0, 0.1) is 0 Å². The topological polar surface area (TPSA) is 73.9 Å². The van der Waals surface area contributed by atoms with Gasteiger partial charge in [0.25, 0.3) is 0 Å². The fourth-order valence-electron chi connectivity index (χ4n) is 3.76. The van der Waals surface area contributed by atoms with Gasteiger partial charge in [-0.15, -0.1) is 0 Å².